The van der Waals surface area contributed by atoms with E-state index in [1.165, 1.54) is 0 Å². The van der Waals surface area contributed by atoms with E-state index in [0.717, 1.165) is 15.2 Å². The van der Waals surface area contributed by atoms with E-state index in [1.54, 1.807) is 23.5 Å². The molecular weight excluding hydrogens is 180 g/mol. The van der Waals surface area contributed by atoms with Crippen LogP contribution in [0.15, 0.2) is 0 Å². The summed E-state index contributed by atoms with van der Waals surface area (Å²) < 4.78 is 1.05. The molecule has 1 heterocycles. The maximum atomic E-state index is 5.58. The average Bonchev–Trinajstić information content (AvgIpc) is 2.14. The van der Waals surface area contributed by atoms with Crippen LogP contribution in [-0.4, -0.2) is 20.4 Å². The van der Waals surface area contributed by atoms with E-state index in [2.05, 4.69) is 0 Å². The summed E-state index contributed by atoms with van der Waals surface area (Å²) in [6, 6.07) is 0. The summed E-state index contributed by atoms with van der Waals surface area (Å²) in [5.74, 6) is 1.84. The first-order chi connectivity index (χ1) is 3.83. The summed E-state index contributed by atoms with van der Waals surface area (Å²) in [5.41, 5.74) is 0. The van der Waals surface area contributed by atoms with Crippen molar-refractivity contribution in [2.24, 2.45) is 0 Å². The third kappa shape index (κ3) is 1.79. The van der Waals surface area contributed by atoms with E-state index in [-0.39, 0.29) is 0 Å². The van der Waals surface area contributed by atoms with Gasteiger partial charge in [-0.3, -0.25) is 0 Å². The third-order valence-corrected chi connectivity index (χ3v) is 4.54. The van der Waals surface area contributed by atoms with E-state index in [9.17, 15) is 0 Å². The molecule has 0 nitrogen and oxygen atoms in total. The number of hydrogen-bond donors (Lipinski definition) is 0. The molecule has 1 unspecified atom stereocenters. The molecule has 1 atom stereocenters. The Hall–Kier alpha value is 1.08. The Bertz CT molecular complexity index is 103. The van der Waals surface area contributed by atoms with Crippen LogP contribution in [0.25, 0.3) is 0 Å². The number of rotatable bonds is 1. The van der Waals surface area contributed by atoms with Crippen molar-refractivity contribution in [2.45, 2.75) is 5.25 Å². The topological polar surface area (TPSA) is 0 Å². The van der Waals surface area contributed by atoms with Gasteiger partial charge >= 0.3 is 0 Å². The molecule has 1 aliphatic rings. The van der Waals surface area contributed by atoms with E-state index in [4.69, 9.17) is 23.8 Å². The van der Waals surface area contributed by atoms with E-state index < -0.39 is 0 Å². The normalized spacial score (nSPS) is 29.1. The lowest BCUT2D eigenvalue weighted by molar-refractivity contribution is 1.16. The van der Waals surface area contributed by atoms with Crippen LogP contribution in [0, 0.1) is 0 Å². The van der Waals surface area contributed by atoms with Crippen molar-refractivity contribution < 1.29 is 0 Å². The first kappa shape index (κ1) is 7.19. The van der Waals surface area contributed by atoms with Gasteiger partial charge < -0.3 is 0 Å². The summed E-state index contributed by atoms with van der Waals surface area (Å²) in [6.45, 7) is 0. The SMILES string of the molecule is S=C1SCC(CCl)S1. The number of halogens is 1. The maximum absolute atomic E-state index is 5.58. The maximum Gasteiger partial charge on any atom is 0.104 e. The molecule has 4 heteroatoms. The Morgan fingerprint density at radius 2 is 2.62 bits per heavy atom. The molecule has 0 aliphatic carbocycles. The van der Waals surface area contributed by atoms with Gasteiger partial charge in [-0.05, 0) is 0 Å². The van der Waals surface area contributed by atoms with Crippen molar-refractivity contribution in [3.8, 4) is 0 Å². The van der Waals surface area contributed by atoms with Gasteiger partial charge in [0.1, 0.15) is 3.53 Å². The van der Waals surface area contributed by atoms with Gasteiger partial charge in [0.15, 0.2) is 0 Å². The minimum atomic E-state index is 0.578. The van der Waals surface area contributed by atoms with Crippen molar-refractivity contribution >= 4 is 50.9 Å². The zero-order valence-corrected chi connectivity index (χ0v) is 7.30. The molecule has 1 aliphatic heterocycles. The van der Waals surface area contributed by atoms with Crippen LogP contribution in [0.3, 0.4) is 0 Å². The minimum Gasteiger partial charge on any atom is -0.125 e. The molecule has 1 saturated heterocycles. The summed E-state index contributed by atoms with van der Waals surface area (Å²) in [6.07, 6.45) is 0. The van der Waals surface area contributed by atoms with E-state index >= 15 is 0 Å². The summed E-state index contributed by atoms with van der Waals surface area (Å²) in [7, 11) is 0. The molecule has 8 heavy (non-hydrogen) atoms. The fourth-order valence-corrected chi connectivity index (χ4v) is 3.62. The Balaban J connectivity index is 2.32. The second-order valence-electron chi connectivity index (χ2n) is 1.46. The second-order valence-corrected chi connectivity index (χ2v) is 5.29. The molecule has 0 aromatic rings. The van der Waals surface area contributed by atoms with Gasteiger partial charge in [0.05, 0.1) is 0 Å². The predicted molar refractivity (Wildman–Crippen MR) is 47.2 cm³/mol. The molecule has 0 N–H and O–H groups in total. The molecule has 1 rings (SSSR count). The summed E-state index contributed by atoms with van der Waals surface area (Å²) in [4.78, 5) is 0. The number of thioether (sulfide) groups is 2. The van der Waals surface area contributed by atoms with Gasteiger partial charge in [-0.2, -0.15) is 0 Å². The highest BCUT2D eigenvalue weighted by atomic mass is 35.5. The molecule has 0 spiro atoms. The van der Waals surface area contributed by atoms with Crippen LogP contribution < -0.4 is 0 Å². The van der Waals surface area contributed by atoms with Crippen LogP contribution >= 0.6 is 47.3 Å². The Labute approximate surface area is 67.7 Å². The molecule has 0 saturated carbocycles. The predicted octanol–water partition coefficient (Wildman–Crippen LogP) is 2.36. The largest absolute Gasteiger partial charge is 0.125 e. The average molecular weight is 185 g/mol. The smallest absolute Gasteiger partial charge is 0.104 e. The lowest BCUT2D eigenvalue weighted by atomic mass is 10.6. The van der Waals surface area contributed by atoms with Crippen LogP contribution in [0.5, 0.6) is 0 Å². The highest BCUT2D eigenvalue weighted by Crippen LogP contribution is 2.33. The molecule has 0 radical (unpaired) electrons. The molecule has 0 aromatic carbocycles. The lowest BCUT2D eigenvalue weighted by Gasteiger charge is -1.95. The number of alkyl halides is 1. The summed E-state index contributed by atoms with van der Waals surface area (Å²) in [5, 5.41) is 0.578. The van der Waals surface area contributed by atoms with Gasteiger partial charge in [-0.25, -0.2) is 0 Å². The second kappa shape index (κ2) is 3.30. The summed E-state index contributed by atoms with van der Waals surface area (Å²) >= 11 is 14.0. The highest BCUT2D eigenvalue weighted by molar-refractivity contribution is 8.49. The van der Waals surface area contributed by atoms with Crippen molar-refractivity contribution in [1.29, 1.82) is 0 Å². The van der Waals surface area contributed by atoms with Gasteiger partial charge in [0, 0.05) is 16.9 Å². The van der Waals surface area contributed by atoms with Crippen molar-refractivity contribution in [3.63, 3.8) is 0 Å². The zero-order valence-electron chi connectivity index (χ0n) is 4.09. The number of hydrogen-bond acceptors (Lipinski definition) is 3. The monoisotopic (exact) mass is 184 g/mol. The highest BCUT2D eigenvalue weighted by Gasteiger charge is 2.19. The number of thiocarbonyl (C=S) groups is 1. The fourth-order valence-electron chi connectivity index (χ4n) is 0.441. The van der Waals surface area contributed by atoms with Crippen molar-refractivity contribution in [3.05, 3.63) is 0 Å². The van der Waals surface area contributed by atoms with Gasteiger partial charge in [-0.1, -0.05) is 12.2 Å². The Morgan fingerprint density at radius 1 is 1.88 bits per heavy atom. The van der Waals surface area contributed by atoms with Crippen LogP contribution in [0.1, 0.15) is 0 Å². The first-order valence-corrected chi connectivity index (χ1v) is 5.03. The van der Waals surface area contributed by atoms with Crippen LogP contribution in [-0.2, 0) is 0 Å². The van der Waals surface area contributed by atoms with Gasteiger partial charge in [0.25, 0.3) is 0 Å². The minimum absolute atomic E-state index is 0.578. The molecule has 1 fully saturated rings. The fraction of sp³-hybridized carbons (Fsp3) is 0.750. The van der Waals surface area contributed by atoms with Crippen molar-refractivity contribution in [2.75, 3.05) is 11.6 Å². The Morgan fingerprint density at radius 3 is 2.88 bits per heavy atom. The molecular formula is C4H5ClS3. The van der Waals surface area contributed by atoms with Crippen LogP contribution in [0.4, 0.5) is 0 Å². The van der Waals surface area contributed by atoms with Gasteiger partial charge in [0.2, 0.25) is 0 Å². The molecule has 0 bridgehead atoms. The van der Waals surface area contributed by atoms with Gasteiger partial charge in [-0.15, -0.1) is 35.1 Å². The standard InChI is InChI=1S/C4H5ClS3/c5-1-3-2-7-4(6)8-3/h3H,1-2H2. The zero-order chi connectivity index (χ0) is 5.98. The van der Waals surface area contributed by atoms with Crippen molar-refractivity contribution in [1.82, 2.24) is 0 Å². The lowest BCUT2D eigenvalue weighted by Crippen LogP contribution is -2.00. The van der Waals surface area contributed by atoms with E-state index in [1.807, 2.05) is 0 Å². The quantitative estimate of drug-likeness (QED) is 0.454. The molecule has 0 aromatic heterocycles. The van der Waals surface area contributed by atoms with Crippen LogP contribution in [0.2, 0.25) is 0 Å². The first-order valence-electron chi connectivity index (χ1n) is 2.22. The van der Waals surface area contributed by atoms with E-state index in [0.29, 0.717) is 5.25 Å². The molecule has 0 amide bonds. The molecule has 46 valence electrons. The Kier molecular flexibility index (Phi) is 2.97. The third-order valence-electron chi connectivity index (χ3n) is 0.822.